The Morgan fingerprint density at radius 2 is 1.67 bits per heavy atom. The van der Waals surface area contributed by atoms with E-state index in [0.717, 1.165) is 10.1 Å². The molecule has 2 aromatic rings. The molecule has 0 saturated carbocycles. The Morgan fingerprint density at radius 3 is 2.26 bits per heavy atom. The van der Waals surface area contributed by atoms with Crippen molar-refractivity contribution < 1.29 is 22.7 Å². The fourth-order valence-electron chi connectivity index (χ4n) is 2.31. The van der Waals surface area contributed by atoms with Gasteiger partial charge in [-0.15, -0.1) is 0 Å². The lowest BCUT2D eigenvalue weighted by molar-refractivity contribution is -0.121. The highest BCUT2D eigenvalue weighted by molar-refractivity contribution is 7.89. The van der Waals surface area contributed by atoms with Gasteiger partial charge in [-0.2, -0.15) is 4.31 Å². The number of hydrogen-bond acceptors (Lipinski definition) is 5. The number of nitrogens with one attached hydrogen (secondary N) is 1. The summed E-state index contributed by atoms with van der Waals surface area (Å²) in [4.78, 5) is 12.3. The van der Waals surface area contributed by atoms with Crippen molar-refractivity contribution in [2.45, 2.75) is 17.9 Å². The van der Waals surface area contributed by atoms with Crippen molar-refractivity contribution in [3.63, 3.8) is 0 Å². The molecule has 1 atom stereocenters. The molecule has 0 aliphatic heterocycles. The second-order valence-electron chi connectivity index (χ2n) is 6.03. The normalized spacial score (nSPS) is 12.4. The number of hydrogen-bond donors (Lipinski definition) is 1. The highest BCUT2D eigenvalue weighted by atomic mass is 32.2. The molecule has 1 amide bonds. The highest BCUT2D eigenvalue weighted by Crippen LogP contribution is 2.17. The maximum Gasteiger partial charge on any atom is 0.243 e. The Kier molecular flexibility index (Phi) is 7.20. The Morgan fingerprint density at radius 1 is 1.07 bits per heavy atom. The van der Waals surface area contributed by atoms with Gasteiger partial charge in [0.25, 0.3) is 0 Å². The molecule has 2 rings (SSSR count). The predicted molar refractivity (Wildman–Crippen MR) is 102 cm³/mol. The molecule has 0 spiro atoms. The lowest BCUT2D eigenvalue weighted by Gasteiger charge is -2.19. The van der Waals surface area contributed by atoms with Crippen LogP contribution in [0.1, 0.15) is 6.92 Å². The zero-order chi connectivity index (χ0) is 19.9. The number of benzene rings is 2. The number of rotatable bonds is 9. The molecule has 1 unspecified atom stereocenters. The molecule has 0 saturated heterocycles. The molecule has 0 fully saturated rings. The van der Waals surface area contributed by atoms with Crippen LogP contribution >= 0.6 is 0 Å². The first kappa shape index (κ1) is 20.7. The zero-order valence-electron chi connectivity index (χ0n) is 15.6. The van der Waals surface area contributed by atoms with Crippen molar-refractivity contribution in [2.75, 3.05) is 27.3 Å². The van der Waals surface area contributed by atoms with E-state index in [1.54, 1.807) is 56.5 Å². The summed E-state index contributed by atoms with van der Waals surface area (Å²) < 4.78 is 36.6. The molecular formula is C19H24N2O5S. The number of carbonyl (C=O) groups excluding carboxylic acids is 1. The third kappa shape index (κ3) is 5.97. The van der Waals surface area contributed by atoms with Gasteiger partial charge in [0.2, 0.25) is 15.9 Å². The van der Waals surface area contributed by atoms with Crippen LogP contribution in [0.5, 0.6) is 11.5 Å². The smallest absolute Gasteiger partial charge is 0.243 e. The summed E-state index contributed by atoms with van der Waals surface area (Å²) in [6, 6.07) is 14.8. The number of likely N-dealkylation sites (N-methyl/N-ethyl adjacent to an activating group) is 1. The van der Waals surface area contributed by atoms with E-state index in [1.165, 1.54) is 19.2 Å². The molecule has 146 valence electrons. The van der Waals surface area contributed by atoms with Crippen LogP contribution < -0.4 is 14.8 Å². The van der Waals surface area contributed by atoms with Crippen LogP contribution in [0.2, 0.25) is 0 Å². The second-order valence-corrected chi connectivity index (χ2v) is 8.07. The van der Waals surface area contributed by atoms with E-state index in [0.29, 0.717) is 5.75 Å². The monoisotopic (exact) mass is 392 g/mol. The first-order chi connectivity index (χ1) is 12.8. The SMILES string of the molecule is COc1ccc(OCC(C)NC(=O)CN(C)S(=O)(=O)c2ccccc2)cc1. The van der Waals surface area contributed by atoms with Crippen molar-refractivity contribution in [1.29, 1.82) is 0 Å². The van der Waals surface area contributed by atoms with Crippen LogP contribution in [0, 0.1) is 0 Å². The Balaban J connectivity index is 1.83. The van der Waals surface area contributed by atoms with Gasteiger partial charge in [-0.25, -0.2) is 8.42 Å². The van der Waals surface area contributed by atoms with Gasteiger partial charge in [-0.3, -0.25) is 4.79 Å². The Hall–Kier alpha value is -2.58. The van der Waals surface area contributed by atoms with E-state index < -0.39 is 15.9 Å². The minimum atomic E-state index is -3.70. The maximum absolute atomic E-state index is 12.4. The molecule has 0 aromatic heterocycles. The van der Waals surface area contributed by atoms with E-state index in [4.69, 9.17) is 9.47 Å². The molecule has 27 heavy (non-hydrogen) atoms. The molecule has 0 radical (unpaired) electrons. The van der Waals surface area contributed by atoms with Crippen molar-refractivity contribution in [2.24, 2.45) is 0 Å². The van der Waals surface area contributed by atoms with E-state index in [1.807, 2.05) is 0 Å². The third-order valence-electron chi connectivity index (χ3n) is 3.78. The van der Waals surface area contributed by atoms with Crippen LogP contribution in [0.15, 0.2) is 59.5 Å². The molecule has 0 aliphatic rings. The number of methoxy groups -OCH3 is 1. The van der Waals surface area contributed by atoms with Gasteiger partial charge in [-0.05, 0) is 43.3 Å². The number of nitrogens with zero attached hydrogens (tertiary/aromatic N) is 1. The fraction of sp³-hybridized carbons (Fsp3) is 0.316. The minimum absolute atomic E-state index is 0.149. The van der Waals surface area contributed by atoms with E-state index in [9.17, 15) is 13.2 Å². The maximum atomic E-state index is 12.4. The summed E-state index contributed by atoms with van der Waals surface area (Å²) >= 11 is 0. The standard InChI is InChI=1S/C19H24N2O5S/c1-15(14-26-17-11-9-16(25-3)10-12-17)20-19(22)13-21(2)27(23,24)18-7-5-4-6-8-18/h4-12,15H,13-14H2,1-3H3,(H,20,22). The van der Waals surface area contributed by atoms with Gasteiger partial charge in [0.05, 0.1) is 24.6 Å². The molecule has 1 N–H and O–H groups in total. The number of ether oxygens (including phenoxy) is 2. The summed E-state index contributed by atoms with van der Waals surface area (Å²) in [5.74, 6) is 0.981. The molecule has 0 bridgehead atoms. The predicted octanol–water partition coefficient (Wildman–Crippen LogP) is 1.90. The van der Waals surface area contributed by atoms with E-state index in [2.05, 4.69) is 5.32 Å². The molecule has 0 aliphatic carbocycles. The summed E-state index contributed by atoms with van der Waals surface area (Å²) in [6.45, 7) is 1.77. The van der Waals surface area contributed by atoms with Crippen molar-refractivity contribution in [3.05, 3.63) is 54.6 Å². The van der Waals surface area contributed by atoms with Crippen molar-refractivity contribution >= 4 is 15.9 Å². The number of amides is 1. The molecule has 2 aromatic carbocycles. The summed E-state index contributed by atoms with van der Waals surface area (Å²) in [5.41, 5.74) is 0. The summed E-state index contributed by atoms with van der Waals surface area (Å²) in [7, 11) is -0.741. The van der Waals surface area contributed by atoms with Gasteiger partial charge in [-0.1, -0.05) is 18.2 Å². The average Bonchev–Trinajstić information content (AvgIpc) is 2.67. The van der Waals surface area contributed by atoms with Gasteiger partial charge in [0.15, 0.2) is 0 Å². The third-order valence-corrected chi connectivity index (χ3v) is 5.60. The van der Waals surface area contributed by atoms with Crippen molar-refractivity contribution in [3.8, 4) is 11.5 Å². The van der Waals surface area contributed by atoms with Gasteiger partial charge in [0, 0.05) is 7.05 Å². The first-order valence-corrected chi connectivity index (χ1v) is 9.84. The quantitative estimate of drug-likeness (QED) is 0.705. The zero-order valence-corrected chi connectivity index (χ0v) is 16.4. The summed E-state index contributed by atoms with van der Waals surface area (Å²) in [5, 5.41) is 2.73. The van der Waals surface area contributed by atoms with Crippen LogP contribution in [0.3, 0.4) is 0 Å². The van der Waals surface area contributed by atoms with Crippen LogP contribution in [-0.2, 0) is 14.8 Å². The minimum Gasteiger partial charge on any atom is -0.497 e. The van der Waals surface area contributed by atoms with Gasteiger partial charge < -0.3 is 14.8 Å². The molecular weight excluding hydrogens is 368 g/mol. The van der Waals surface area contributed by atoms with E-state index in [-0.39, 0.29) is 24.1 Å². The molecule has 0 heterocycles. The fourth-order valence-corrected chi connectivity index (χ4v) is 3.46. The van der Waals surface area contributed by atoms with Crippen molar-refractivity contribution in [1.82, 2.24) is 9.62 Å². The average molecular weight is 392 g/mol. The van der Waals surface area contributed by atoms with Crippen LogP contribution in [-0.4, -0.2) is 52.0 Å². The highest BCUT2D eigenvalue weighted by Gasteiger charge is 2.23. The largest absolute Gasteiger partial charge is 0.497 e. The van der Waals surface area contributed by atoms with Gasteiger partial charge >= 0.3 is 0 Å². The number of carbonyl (C=O) groups is 1. The lowest BCUT2D eigenvalue weighted by Crippen LogP contribution is -2.43. The van der Waals surface area contributed by atoms with Gasteiger partial charge in [0.1, 0.15) is 18.1 Å². The lowest BCUT2D eigenvalue weighted by atomic mass is 10.3. The van der Waals surface area contributed by atoms with Crippen LogP contribution in [0.25, 0.3) is 0 Å². The second kappa shape index (κ2) is 9.38. The topological polar surface area (TPSA) is 84.9 Å². The summed E-state index contributed by atoms with van der Waals surface area (Å²) in [6.07, 6.45) is 0. The molecule has 8 heteroatoms. The molecule has 7 nitrogen and oxygen atoms in total. The first-order valence-electron chi connectivity index (χ1n) is 8.40. The number of sulfonamides is 1. The van der Waals surface area contributed by atoms with Crippen LogP contribution in [0.4, 0.5) is 0 Å². The Bertz CT molecular complexity index is 838. The Labute approximate surface area is 160 Å². The van der Waals surface area contributed by atoms with E-state index >= 15 is 0 Å².